The lowest BCUT2D eigenvalue weighted by Gasteiger charge is -2.17. The van der Waals surface area contributed by atoms with Gasteiger partial charge in [-0.2, -0.15) is 0 Å². The van der Waals surface area contributed by atoms with E-state index in [1.54, 1.807) is 0 Å². The van der Waals surface area contributed by atoms with Crippen molar-refractivity contribution in [3.8, 4) is 0 Å². The summed E-state index contributed by atoms with van der Waals surface area (Å²) in [4.78, 5) is 16.6. The lowest BCUT2D eigenvalue weighted by molar-refractivity contribution is -0.119. The molecule has 1 amide bonds. The second-order valence-corrected chi connectivity index (χ2v) is 7.04. The molecule has 21 heavy (non-hydrogen) atoms. The van der Waals surface area contributed by atoms with Crippen LogP contribution in [0.1, 0.15) is 25.7 Å². The molecule has 2 fully saturated rings. The van der Waals surface area contributed by atoms with Crippen molar-refractivity contribution in [2.24, 2.45) is 11.8 Å². The van der Waals surface area contributed by atoms with Gasteiger partial charge in [-0.3, -0.25) is 9.20 Å². The number of nitrogens with zero attached hydrogens (tertiary/aromatic N) is 2. The molecule has 0 radical (unpaired) electrons. The summed E-state index contributed by atoms with van der Waals surface area (Å²) < 4.78 is 2.03. The third-order valence-corrected chi connectivity index (χ3v) is 5.29. The average Bonchev–Trinajstić information content (AvgIpc) is 3.40. The van der Waals surface area contributed by atoms with Gasteiger partial charge in [-0.15, -0.1) is 0 Å². The number of rotatable bonds is 6. The number of thioether (sulfide) groups is 1. The van der Waals surface area contributed by atoms with Gasteiger partial charge in [0.05, 0.1) is 17.5 Å². The van der Waals surface area contributed by atoms with Crippen LogP contribution in [0.2, 0.25) is 0 Å². The minimum absolute atomic E-state index is 0.150. The molecule has 2 aromatic rings. The molecule has 0 atom stereocenters. The zero-order valence-corrected chi connectivity index (χ0v) is 12.7. The average molecular weight is 301 g/mol. The number of fused-ring (bicyclic) bond motifs is 1. The Kier molecular flexibility index (Phi) is 3.37. The standard InChI is InChI=1S/C16H19N3OS/c20-14(18-15(11-4-5-11)12-6-7-12)10-21-16-17-9-13-3-1-2-8-19(13)16/h1-3,8-9,11-12,15H,4-7,10H2,(H,18,20). The Hall–Kier alpha value is -1.49. The van der Waals surface area contributed by atoms with Crippen LogP contribution in [-0.4, -0.2) is 27.1 Å². The van der Waals surface area contributed by atoms with Crippen molar-refractivity contribution in [1.82, 2.24) is 14.7 Å². The fourth-order valence-corrected chi connectivity index (χ4v) is 3.69. The van der Waals surface area contributed by atoms with Crippen molar-refractivity contribution < 1.29 is 4.79 Å². The molecule has 2 aliphatic rings. The molecular weight excluding hydrogens is 282 g/mol. The smallest absolute Gasteiger partial charge is 0.230 e. The predicted octanol–water partition coefficient (Wildman–Crippen LogP) is 2.73. The van der Waals surface area contributed by atoms with E-state index in [9.17, 15) is 4.79 Å². The van der Waals surface area contributed by atoms with Gasteiger partial charge >= 0.3 is 0 Å². The van der Waals surface area contributed by atoms with Crippen molar-refractivity contribution in [2.45, 2.75) is 36.9 Å². The fourth-order valence-electron chi connectivity index (χ4n) is 2.92. The number of carbonyl (C=O) groups is 1. The van der Waals surface area contributed by atoms with Crippen LogP contribution in [0.25, 0.3) is 5.52 Å². The molecule has 0 unspecified atom stereocenters. The Bertz CT molecular complexity index is 648. The van der Waals surface area contributed by atoms with E-state index >= 15 is 0 Å². The number of hydrogen-bond acceptors (Lipinski definition) is 3. The number of hydrogen-bond donors (Lipinski definition) is 1. The van der Waals surface area contributed by atoms with Gasteiger partial charge in [0, 0.05) is 12.2 Å². The van der Waals surface area contributed by atoms with Gasteiger partial charge in [0.25, 0.3) is 0 Å². The highest BCUT2D eigenvalue weighted by molar-refractivity contribution is 7.99. The van der Waals surface area contributed by atoms with Crippen LogP contribution in [0.3, 0.4) is 0 Å². The van der Waals surface area contributed by atoms with Crippen LogP contribution >= 0.6 is 11.8 Å². The van der Waals surface area contributed by atoms with Crippen LogP contribution in [0.4, 0.5) is 0 Å². The second-order valence-electron chi connectivity index (χ2n) is 6.09. The SMILES string of the molecule is O=C(CSc1ncc2ccccn12)NC(C1CC1)C1CC1. The lowest BCUT2D eigenvalue weighted by Crippen LogP contribution is -2.39. The summed E-state index contributed by atoms with van der Waals surface area (Å²) in [6.45, 7) is 0. The van der Waals surface area contributed by atoms with Crippen LogP contribution in [-0.2, 0) is 4.79 Å². The molecule has 0 aliphatic heterocycles. The van der Waals surface area contributed by atoms with Crippen molar-refractivity contribution in [3.05, 3.63) is 30.6 Å². The van der Waals surface area contributed by atoms with E-state index in [0.29, 0.717) is 11.8 Å². The van der Waals surface area contributed by atoms with Crippen molar-refractivity contribution >= 4 is 23.2 Å². The summed E-state index contributed by atoms with van der Waals surface area (Å²) in [5, 5.41) is 4.14. The molecule has 1 N–H and O–H groups in total. The van der Waals surface area contributed by atoms with Gasteiger partial charge in [-0.05, 0) is 49.7 Å². The Morgan fingerprint density at radius 3 is 2.81 bits per heavy atom. The van der Waals surface area contributed by atoms with Crippen LogP contribution < -0.4 is 5.32 Å². The number of nitrogens with one attached hydrogen (secondary N) is 1. The van der Waals surface area contributed by atoms with Gasteiger partial charge in [0.1, 0.15) is 0 Å². The maximum Gasteiger partial charge on any atom is 0.230 e. The van der Waals surface area contributed by atoms with E-state index in [2.05, 4.69) is 10.3 Å². The Balaban J connectivity index is 1.36. The minimum Gasteiger partial charge on any atom is -0.352 e. The molecule has 2 saturated carbocycles. The zero-order chi connectivity index (χ0) is 14.2. The van der Waals surface area contributed by atoms with E-state index in [0.717, 1.165) is 22.5 Å². The Morgan fingerprint density at radius 2 is 2.10 bits per heavy atom. The first-order valence-corrected chi connectivity index (χ1v) is 8.64. The molecule has 0 saturated heterocycles. The summed E-state index contributed by atoms with van der Waals surface area (Å²) in [5.74, 6) is 2.10. The maximum atomic E-state index is 12.2. The molecule has 4 rings (SSSR count). The summed E-state index contributed by atoms with van der Waals surface area (Å²) >= 11 is 1.51. The highest BCUT2D eigenvalue weighted by Gasteiger charge is 2.42. The monoisotopic (exact) mass is 301 g/mol. The predicted molar refractivity (Wildman–Crippen MR) is 83.3 cm³/mol. The molecule has 2 heterocycles. The van der Waals surface area contributed by atoms with Crippen LogP contribution in [0, 0.1) is 11.8 Å². The van der Waals surface area contributed by atoms with E-state index in [1.165, 1.54) is 37.4 Å². The van der Waals surface area contributed by atoms with E-state index < -0.39 is 0 Å². The fraction of sp³-hybridized carbons (Fsp3) is 0.500. The highest BCUT2D eigenvalue weighted by atomic mass is 32.2. The first-order chi connectivity index (χ1) is 10.3. The van der Waals surface area contributed by atoms with Gasteiger partial charge in [-0.1, -0.05) is 17.8 Å². The van der Waals surface area contributed by atoms with E-state index in [-0.39, 0.29) is 5.91 Å². The second kappa shape index (κ2) is 5.37. The molecule has 0 bridgehead atoms. The normalized spacial score (nSPS) is 18.3. The molecule has 0 spiro atoms. The Labute approximate surface area is 128 Å². The molecule has 5 heteroatoms. The maximum absolute atomic E-state index is 12.2. The first-order valence-electron chi connectivity index (χ1n) is 7.65. The molecule has 4 nitrogen and oxygen atoms in total. The lowest BCUT2D eigenvalue weighted by atomic mass is 10.1. The summed E-state index contributed by atoms with van der Waals surface area (Å²) in [5.41, 5.74) is 1.06. The van der Waals surface area contributed by atoms with Gasteiger partial charge < -0.3 is 5.32 Å². The third kappa shape index (κ3) is 2.93. The number of aromatic nitrogens is 2. The third-order valence-electron chi connectivity index (χ3n) is 4.32. The number of amides is 1. The summed E-state index contributed by atoms with van der Waals surface area (Å²) in [6.07, 6.45) is 9.00. The van der Waals surface area contributed by atoms with Crippen molar-refractivity contribution in [1.29, 1.82) is 0 Å². The molecule has 110 valence electrons. The molecule has 2 aliphatic carbocycles. The number of pyridine rings is 1. The van der Waals surface area contributed by atoms with Gasteiger partial charge in [0.2, 0.25) is 5.91 Å². The summed E-state index contributed by atoms with van der Waals surface area (Å²) in [7, 11) is 0. The van der Waals surface area contributed by atoms with Crippen molar-refractivity contribution in [3.63, 3.8) is 0 Å². The minimum atomic E-state index is 0.150. The van der Waals surface area contributed by atoms with E-state index in [4.69, 9.17) is 0 Å². The molecule has 2 aromatic heterocycles. The highest BCUT2D eigenvalue weighted by Crippen LogP contribution is 2.44. The Morgan fingerprint density at radius 1 is 1.33 bits per heavy atom. The van der Waals surface area contributed by atoms with Gasteiger partial charge in [0.15, 0.2) is 5.16 Å². The molecule has 0 aromatic carbocycles. The van der Waals surface area contributed by atoms with Crippen LogP contribution in [0.5, 0.6) is 0 Å². The number of carbonyl (C=O) groups excluding carboxylic acids is 1. The number of imidazole rings is 1. The first kappa shape index (κ1) is 13.2. The topological polar surface area (TPSA) is 46.4 Å². The molecular formula is C16H19N3OS. The largest absolute Gasteiger partial charge is 0.352 e. The van der Waals surface area contributed by atoms with Crippen LogP contribution in [0.15, 0.2) is 35.7 Å². The van der Waals surface area contributed by atoms with Gasteiger partial charge in [-0.25, -0.2) is 4.98 Å². The quantitative estimate of drug-likeness (QED) is 0.835. The van der Waals surface area contributed by atoms with Crippen molar-refractivity contribution in [2.75, 3.05) is 5.75 Å². The summed E-state index contributed by atoms with van der Waals surface area (Å²) in [6, 6.07) is 6.44. The van der Waals surface area contributed by atoms with E-state index in [1.807, 2.05) is 35.0 Å². The zero-order valence-electron chi connectivity index (χ0n) is 11.9.